The Kier molecular flexibility index (Phi) is 3.49. The number of hydrogen-bond acceptors (Lipinski definition) is 2. The smallest absolute Gasteiger partial charge is 0.404 e. The van der Waals surface area contributed by atoms with Gasteiger partial charge >= 0.3 is 6.18 Å². The first-order valence-electron chi connectivity index (χ1n) is 4.12. The van der Waals surface area contributed by atoms with Crippen LogP contribution in [0.4, 0.5) is 18.9 Å². The predicted molar refractivity (Wildman–Crippen MR) is 52.9 cm³/mol. The molecule has 2 nitrogen and oxygen atoms in total. The van der Waals surface area contributed by atoms with Crippen molar-refractivity contribution in [2.24, 2.45) is 10.7 Å². The lowest BCUT2D eigenvalue weighted by atomic mass is 10.3. The predicted octanol–water partition coefficient (Wildman–Crippen LogP) is 2.79. The lowest BCUT2D eigenvalue weighted by molar-refractivity contribution is -0.0857. The van der Waals surface area contributed by atoms with E-state index in [1.165, 1.54) is 0 Å². The van der Waals surface area contributed by atoms with Crippen LogP contribution >= 0.6 is 0 Å². The number of nitrogens with zero attached hydrogens (tertiary/aromatic N) is 1. The van der Waals surface area contributed by atoms with E-state index in [9.17, 15) is 13.2 Å². The molecule has 0 heterocycles. The van der Waals surface area contributed by atoms with Crippen molar-refractivity contribution in [2.75, 3.05) is 0 Å². The third kappa shape index (κ3) is 3.46. The molecule has 0 radical (unpaired) electrons. The van der Waals surface area contributed by atoms with Gasteiger partial charge in [-0.1, -0.05) is 18.2 Å². The van der Waals surface area contributed by atoms with Crippen LogP contribution in [0.25, 0.3) is 0 Å². The number of benzene rings is 1. The van der Waals surface area contributed by atoms with Gasteiger partial charge in [-0.25, -0.2) is 0 Å². The lowest BCUT2D eigenvalue weighted by Gasteiger charge is -2.04. The molecular weight excluding hydrogens is 205 g/mol. The molecule has 1 aromatic rings. The van der Waals surface area contributed by atoms with Gasteiger partial charge in [-0.2, -0.15) is 13.2 Å². The first-order chi connectivity index (χ1) is 7.04. The molecule has 1 aromatic carbocycles. The maximum Gasteiger partial charge on any atom is 0.419 e. The van der Waals surface area contributed by atoms with Crippen molar-refractivity contribution in [1.29, 1.82) is 0 Å². The second-order valence-electron chi connectivity index (χ2n) is 2.71. The molecular formula is C10H9F3N2. The number of para-hydroxylation sites is 1. The highest BCUT2D eigenvalue weighted by molar-refractivity contribution is 5.82. The molecule has 0 aliphatic carbocycles. The Bertz CT molecular complexity index is 366. The Hall–Kier alpha value is -1.78. The number of alkyl halides is 3. The Balaban J connectivity index is 2.82. The van der Waals surface area contributed by atoms with Gasteiger partial charge < -0.3 is 5.73 Å². The van der Waals surface area contributed by atoms with Crippen LogP contribution in [0.3, 0.4) is 0 Å². The van der Waals surface area contributed by atoms with Crippen LogP contribution in [0.5, 0.6) is 0 Å². The maximum absolute atomic E-state index is 12.2. The molecule has 0 aliphatic rings. The van der Waals surface area contributed by atoms with Crippen LogP contribution in [0.1, 0.15) is 0 Å². The van der Waals surface area contributed by atoms with Crippen molar-refractivity contribution in [3.05, 3.63) is 42.1 Å². The van der Waals surface area contributed by atoms with E-state index >= 15 is 0 Å². The summed E-state index contributed by atoms with van der Waals surface area (Å²) in [5.41, 5.74) is 4.33. The molecule has 0 spiro atoms. The van der Waals surface area contributed by atoms with Crippen LogP contribution in [-0.4, -0.2) is 12.4 Å². The monoisotopic (exact) mass is 214 g/mol. The molecule has 5 heteroatoms. The van der Waals surface area contributed by atoms with E-state index in [0.29, 0.717) is 18.1 Å². The number of hydrogen-bond donors (Lipinski definition) is 1. The summed E-state index contributed by atoms with van der Waals surface area (Å²) in [6, 6.07) is 8.32. The summed E-state index contributed by atoms with van der Waals surface area (Å²) in [7, 11) is 0. The fraction of sp³-hybridized carbons (Fsp3) is 0.100. The average Bonchev–Trinajstić information content (AvgIpc) is 2.18. The molecule has 0 fully saturated rings. The number of nitrogens with two attached hydrogens (primary N) is 1. The quantitative estimate of drug-likeness (QED) is 0.755. The van der Waals surface area contributed by atoms with Crippen LogP contribution in [-0.2, 0) is 0 Å². The molecule has 0 unspecified atom stereocenters. The fourth-order valence-electron chi connectivity index (χ4n) is 0.869. The van der Waals surface area contributed by atoms with Gasteiger partial charge in [-0.3, -0.25) is 4.99 Å². The maximum atomic E-state index is 12.2. The molecule has 0 saturated heterocycles. The SMILES string of the molecule is N/C=C(/C=Nc1ccccc1)C(F)(F)F. The van der Waals surface area contributed by atoms with Crippen molar-refractivity contribution in [3.63, 3.8) is 0 Å². The standard InChI is InChI=1S/C10H9F3N2/c11-10(12,13)8(6-14)7-15-9-4-2-1-3-5-9/h1-7H,14H2/b8-6-,15-7?. The summed E-state index contributed by atoms with van der Waals surface area (Å²) < 4.78 is 36.6. The molecule has 2 N–H and O–H groups in total. The zero-order chi connectivity index (χ0) is 11.3. The largest absolute Gasteiger partial charge is 0.419 e. The van der Waals surface area contributed by atoms with Gasteiger partial charge in [0.1, 0.15) is 0 Å². The van der Waals surface area contributed by atoms with E-state index in [1.807, 2.05) is 0 Å². The number of allylic oxidation sites excluding steroid dienone is 1. The minimum Gasteiger partial charge on any atom is -0.404 e. The minimum absolute atomic E-state index is 0.445. The molecule has 0 aliphatic heterocycles. The van der Waals surface area contributed by atoms with Crippen molar-refractivity contribution in [2.45, 2.75) is 6.18 Å². The minimum atomic E-state index is -4.47. The van der Waals surface area contributed by atoms with Gasteiger partial charge in [0.2, 0.25) is 0 Å². The highest BCUT2D eigenvalue weighted by Crippen LogP contribution is 2.24. The summed E-state index contributed by atoms with van der Waals surface area (Å²) in [6.07, 6.45) is -3.27. The molecule has 0 aromatic heterocycles. The van der Waals surface area contributed by atoms with Crippen LogP contribution in [0.15, 0.2) is 47.1 Å². The highest BCUT2D eigenvalue weighted by atomic mass is 19.4. The van der Waals surface area contributed by atoms with Gasteiger partial charge in [0, 0.05) is 12.4 Å². The molecule has 0 amide bonds. The van der Waals surface area contributed by atoms with Gasteiger partial charge in [-0.05, 0) is 12.1 Å². The Morgan fingerprint density at radius 2 is 1.80 bits per heavy atom. The van der Waals surface area contributed by atoms with Gasteiger partial charge in [0.25, 0.3) is 0 Å². The van der Waals surface area contributed by atoms with E-state index in [2.05, 4.69) is 4.99 Å². The fourth-order valence-corrected chi connectivity index (χ4v) is 0.869. The van der Waals surface area contributed by atoms with Crippen LogP contribution in [0.2, 0.25) is 0 Å². The Morgan fingerprint density at radius 1 is 1.20 bits per heavy atom. The first kappa shape index (κ1) is 11.3. The third-order valence-corrected chi connectivity index (χ3v) is 1.62. The Labute approximate surface area is 84.9 Å². The molecule has 1 rings (SSSR count). The lowest BCUT2D eigenvalue weighted by Crippen LogP contribution is -2.14. The summed E-state index contributed by atoms with van der Waals surface area (Å²) in [5, 5.41) is 0. The van der Waals surface area contributed by atoms with Gasteiger partial charge in [0.15, 0.2) is 0 Å². The molecule has 0 bridgehead atoms. The summed E-state index contributed by atoms with van der Waals surface area (Å²) >= 11 is 0. The Morgan fingerprint density at radius 3 is 2.27 bits per heavy atom. The first-order valence-corrected chi connectivity index (χ1v) is 4.12. The second-order valence-corrected chi connectivity index (χ2v) is 2.71. The van der Waals surface area contributed by atoms with Crippen molar-refractivity contribution in [1.82, 2.24) is 0 Å². The van der Waals surface area contributed by atoms with Crippen LogP contribution < -0.4 is 5.73 Å². The summed E-state index contributed by atoms with van der Waals surface area (Å²) in [6.45, 7) is 0. The zero-order valence-corrected chi connectivity index (χ0v) is 7.70. The van der Waals surface area contributed by atoms with Crippen molar-refractivity contribution in [3.8, 4) is 0 Å². The molecule has 80 valence electrons. The number of aliphatic imine (C=N–C) groups is 1. The molecule has 0 saturated carbocycles. The number of rotatable bonds is 2. The second kappa shape index (κ2) is 4.63. The highest BCUT2D eigenvalue weighted by Gasteiger charge is 2.32. The van der Waals surface area contributed by atoms with Crippen LogP contribution in [0, 0.1) is 0 Å². The summed E-state index contributed by atoms with van der Waals surface area (Å²) in [5.74, 6) is 0. The van der Waals surface area contributed by atoms with E-state index in [4.69, 9.17) is 5.73 Å². The summed E-state index contributed by atoms with van der Waals surface area (Å²) in [4.78, 5) is 3.65. The van der Waals surface area contributed by atoms with Gasteiger partial charge in [-0.15, -0.1) is 0 Å². The van der Waals surface area contributed by atoms with Crippen molar-refractivity contribution >= 4 is 11.9 Å². The molecule has 0 atom stereocenters. The van der Waals surface area contributed by atoms with Gasteiger partial charge in [0.05, 0.1) is 11.3 Å². The normalized spacial score (nSPS) is 13.4. The topological polar surface area (TPSA) is 38.4 Å². The zero-order valence-electron chi connectivity index (χ0n) is 7.70. The molecule has 15 heavy (non-hydrogen) atoms. The van der Waals surface area contributed by atoms with E-state index in [-0.39, 0.29) is 0 Å². The van der Waals surface area contributed by atoms with Crippen molar-refractivity contribution < 1.29 is 13.2 Å². The third-order valence-electron chi connectivity index (χ3n) is 1.62. The van der Waals surface area contributed by atoms with E-state index in [1.54, 1.807) is 30.3 Å². The van der Waals surface area contributed by atoms with E-state index in [0.717, 1.165) is 0 Å². The van der Waals surface area contributed by atoms with E-state index < -0.39 is 11.7 Å². The average molecular weight is 214 g/mol. The number of halogens is 3.